The Bertz CT molecular complexity index is 468. The van der Waals surface area contributed by atoms with Crippen molar-refractivity contribution >= 4 is 17.7 Å². The summed E-state index contributed by atoms with van der Waals surface area (Å²) in [5, 5.41) is 12.4. The lowest BCUT2D eigenvalue weighted by molar-refractivity contribution is -0.119. The number of rotatable bonds is 7. The molecule has 1 aliphatic carbocycles. The smallest absolute Gasteiger partial charge is 0.230 e. The van der Waals surface area contributed by atoms with Crippen molar-refractivity contribution in [1.29, 1.82) is 0 Å². The van der Waals surface area contributed by atoms with Crippen LogP contribution in [0.4, 0.5) is 0 Å². The number of aromatic nitrogens is 3. The van der Waals surface area contributed by atoms with Crippen molar-refractivity contribution in [3.05, 3.63) is 5.82 Å². The molecule has 0 unspecified atom stereocenters. The zero-order valence-corrected chi connectivity index (χ0v) is 13.5. The molecule has 1 amide bonds. The molecule has 1 atom stereocenters. The van der Waals surface area contributed by atoms with E-state index in [1.807, 2.05) is 6.92 Å². The van der Waals surface area contributed by atoms with Crippen molar-refractivity contribution in [2.24, 2.45) is 5.92 Å². The summed E-state index contributed by atoms with van der Waals surface area (Å²) in [7, 11) is 0. The topological polar surface area (TPSA) is 59.8 Å². The minimum Gasteiger partial charge on any atom is -0.353 e. The van der Waals surface area contributed by atoms with Gasteiger partial charge >= 0.3 is 0 Å². The van der Waals surface area contributed by atoms with Gasteiger partial charge in [-0.1, -0.05) is 25.6 Å². The van der Waals surface area contributed by atoms with E-state index in [0.29, 0.717) is 17.6 Å². The number of amides is 1. The first kappa shape index (κ1) is 15.4. The SMILES string of the molecule is CCn1c(SCC(=O)N[C@@H](C)C(C)C)nnc1C1CC1. The maximum atomic E-state index is 11.9. The van der Waals surface area contributed by atoms with Gasteiger partial charge < -0.3 is 9.88 Å². The standard InChI is InChI=1S/C14H24N4OS/c1-5-18-13(11-6-7-11)16-17-14(18)20-8-12(19)15-10(4)9(2)3/h9-11H,5-8H2,1-4H3,(H,15,19)/t10-/m0/s1. The summed E-state index contributed by atoms with van der Waals surface area (Å²) in [6, 6.07) is 0.203. The molecule has 1 N–H and O–H groups in total. The second kappa shape index (κ2) is 6.61. The zero-order chi connectivity index (χ0) is 14.7. The Morgan fingerprint density at radius 1 is 1.40 bits per heavy atom. The Hall–Kier alpha value is -1.04. The minimum absolute atomic E-state index is 0.0647. The van der Waals surface area contributed by atoms with Crippen LogP contribution >= 0.6 is 11.8 Å². The Morgan fingerprint density at radius 3 is 2.65 bits per heavy atom. The van der Waals surface area contributed by atoms with Crippen LogP contribution in [0.3, 0.4) is 0 Å². The van der Waals surface area contributed by atoms with Gasteiger partial charge in [-0.05, 0) is 32.6 Å². The lowest BCUT2D eigenvalue weighted by Gasteiger charge is -2.17. The minimum atomic E-state index is 0.0647. The summed E-state index contributed by atoms with van der Waals surface area (Å²) in [5.74, 6) is 2.59. The number of nitrogens with zero attached hydrogens (tertiary/aromatic N) is 3. The normalized spacial score (nSPS) is 16.4. The average Bonchev–Trinajstić information content (AvgIpc) is 3.16. The highest BCUT2D eigenvalue weighted by molar-refractivity contribution is 7.99. The monoisotopic (exact) mass is 296 g/mol. The molecular weight excluding hydrogens is 272 g/mol. The van der Waals surface area contributed by atoms with Crippen molar-refractivity contribution < 1.29 is 4.79 Å². The van der Waals surface area contributed by atoms with E-state index in [0.717, 1.165) is 17.5 Å². The van der Waals surface area contributed by atoms with Crippen molar-refractivity contribution in [2.45, 2.75) is 64.2 Å². The molecule has 1 aromatic rings. The third kappa shape index (κ3) is 3.75. The predicted molar refractivity (Wildman–Crippen MR) is 80.8 cm³/mol. The van der Waals surface area contributed by atoms with E-state index in [-0.39, 0.29) is 11.9 Å². The number of carbonyl (C=O) groups excluding carboxylic acids is 1. The van der Waals surface area contributed by atoms with Crippen LogP contribution < -0.4 is 5.32 Å². The second-order valence-corrected chi connectivity index (χ2v) is 6.69. The summed E-state index contributed by atoms with van der Waals surface area (Å²) < 4.78 is 2.14. The Balaban J connectivity index is 1.89. The molecule has 6 heteroatoms. The van der Waals surface area contributed by atoms with Gasteiger partial charge in [-0.25, -0.2) is 0 Å². The maximum absolute atomic E-state index is 11.9. The fourth-order valence-electron chi connectivity index (χ4n) is 1.94. The van der Waals surface area contributed by atoms with Crippen LogP contribution in [0.5, 0.6) is 0 Å². The van der Waals surface area contributed by atoms with Crippen LogP contribution in [0, 0.1) is 5.92 Å². The van der Waals surface area contributed by atoms with E-state index in [2.05, 4.69) is 40.9 Å². The van der Waals surface area contributed by atoms with Crippen LogP contribution in [0.25, 0.3) is 0 Å². The first-order valence-corrected chi connectivity index (χ1v) is 8.36. The van der Waals surface area contributed by atoms with Crippen molar-refractivity contribution in [1.82, 2.24) is 20.1 Å². The molecule has 0 aliphatic heterocycles. The molecule has 0 spiro atoms. The third-order valence-electron chi connectivity index (χ3n) is 3.73. The molecule has 0 bridgehead atoms. The van der Waals surface area contributed by atoms with Crippen LogP contribution in [-0.2, 0) is 11.3 Å². The molecule has 5 nitrogen and oxygen atoms in total. The Kier molecular flexibility index (Phi) is 5.07. The molecule has 1 aliphatic rings. The van der Waals surface area contributed by atoms with Crippen LogP contribution in [-0.4, -0.2) is 32.5 Å². The molecule has 0 aromatic carbocycles. The summed E-state index contributed by atoms with van der Waals surface area (Å²) in [5.41, 5.74) is 0. The van der Waals surface area contributed by atoms with E-state index < -0.39 is 0 Å². The van der Waals surface area contributed by atoms with Crippen LogP contribution in [0.2, 0.25) is 0 Å². The Morgan fingerprint density at radius 2 is 2.10 bits per heavy atom. The average molecular weight is 296 g/mol. The van der Waals surface area contributed by atoms with Gasteiger partial charge in [-0.15, -0.1) is 10.2 Å². The second-order valence-electron chi connectivity index (χ2n) is 5.75. The van der Waals surface area contributed by atoms with Crippen molar-refractivity contribution in [3.63, 3.8) is 0 Å². The lowest BCUT2D eigenvalue weighted by atomic mass is 10.1. The fraction of sp³-hybridized carbons (Fsp3) is 0.786. The number of hydrogen-bond donors (Lipinski definition) is 1. The molecule has 1 fully saturated rings. The first-order chi connectivity index (χ1) is 9.52. The van der Waals surface area contributed by atoms with Gasteiger partial charge in [0.1, 0.15) is 5.82 Å². The summed E-state index contributed by atoms with van der Waals surface area (Å²) >= 11 is 1.48. The molecule has 112 valence electrons. The molecule has 1 aromatic heterocycles. The first-order valence-electron chi connectivity index (χ1n) is 7.38. The van der Waals surface area contributed by atoms with E-state index in [1.165, 1.54) is 24.6 Å². The largest absolute Gasteiger partial charge is 0.353 e. The van der Waals surface area contributed by atoms with E-state index in [1.54, 1.807) is 0 Å². The molecule has 1 heterocycles. The van der Waals surface area contributed by atoms with Gasteiger partial charge in [0.15, 0.2) is 5.16 Å². The highest BCUT2D eigenvalue weighted by Crippen LogP contribution is 2.39. The van der Waals surface area contributed by atoms with Gasteiger partial charge in [0.05, 0.1) is 5.75 Å². The van der Waals surface area contributed by atoms with Crippen molar-refractivity contribution in [3.8, 4) is 0 Å². The fourth-order valence-corrected chi connectivity index (χ4v) is 2.76. The number of nitrogens with one attached hydrogen (secondary N) is 1. The zero-order valence-electron chi connectivity index (χ0n) is 12.7. The van der Waals surface area contributed by atoms with Gasteiger partial charge in [0, 0.05) is 18.5 Å². The van der Waals surface area contributed by atoms with Crippen molar-refractivity contribution in [2.75, 3.05) is 5.75 Å². The molecule has 0 radical (unpaired) electrons. The van der Waals surface area contributed by atoms with Gasteiger partial charge in [-0.3, -0.25) is 4.79 Å². The van der Waals surface area contributed by atoms with E-state index in [4.69, 9.17) is 0 Å². The highest BCUT2D eigenvalue weighted by atomic mass is 32.2. The van der Waals surface area contributed by atoms with Crippen LogP contribution in [0.1, 0.15) is 52.3 Å². The molecule has 20 heavy (non-hydrogen) atoms. The summed E-state index contributed by atoms with van der Waals surface area (Å²) in [6.45, 7) is 9.21. The van der Waals surface area contributed by atoms with Gasteiger partial charge in [0.25, 0.3) is 0 Å². The van der Waals surface area contributed by atoms with Crippen LogP contribution in [0.15, 0.2) is 5.16 Å². The third-order valence-corrected chi connectivity index (χ3v) is 4.69. The molecule has 0 saturated heterocycles. The van der Waals surface area contributed by atoms with E-state index >= 15 is 0 Å². The molecular formula is C14H24N4OS. The number of hydrogen-bond acceptors (Lipinski definition) is 4. The summed E-state index contributed by atoms with van der Waals surface area (Å²) in [6.07, 6.45) is 2.43. The predicted octanol–water partition coefficient (Wildman–Crippen LogP) is 2.43. The number of carbonyl (C=O) groups is 1. The van der Waals surface area contributed by atoms with E-state index in [9.17, 15) is 4.79 Å². The molecule has 1 saturated carbocycles. The van der Waals surface area contributed by atoms with Gasteiger partial charge in [-0.2, -0.15) is 0 Å². The quantitative estimate of drug-likeness (QED) is 0.785. The molecule has 2 rings (SSSR count). The lowest BCUT2D eigenvalue weighted by Crippen LogP contribution is -2.37. The maximum Gasteiger partial charge on any atom is 0.230 e. The highest BCUT2D eigenvalue weighted by Gasteiger charge is 2.30. The number of thioether (sulfide) groups is 1. The van der Waals surface area contributed by atoms with Gasteiger partial charge in [0.2, 0.25) is 5.91 Å². The Labute approximate surface area is 124 Å². The summed E-state index contributed by atoms with van der Waals surface area (Å²) in [4.78, 5) is 11.9.